The Morgan fingerprint density at radius 2 is 2.10 bits per heavy atom. The second-order valence-corrected chi connectivity index (χ2v) is 5.14. The van der Waals surface area contributed by atoms with E-state index < -0.39 is 0 Å². The van der Waals surface area contributed by atoms with E-state index in [9.17, 15) is 4.79 Å². The summed E-state index contributed by atoms with van der Waals surface area (Å²) in [6.45, 7) is 5.70. The first-order valence-electron chi connectivity index (χ1n) is 6.23. The summed E-state index contributed by atoms with van der Waals surface area (Å²) in [7, 11) is 0. The Balaban J connectivity index is 2.04. The monoisotopic (exact) mass is 294 g/mol. The lowest BCUT2D eigenvalue weighted by molar-refractivity contribution is 0.0927. The number of hydrogen-bond donors (Lipinski definition) is 1. The third-order valence-electron chi connectivity index (χ3n) is 2.65. The Labute approximate surface area is 121 Å². The molecule has 2 heterocycles. The van der Waals surface area contributed by atoms with Crippen LogP contribution < -0.4 is 5.32 Å². The molecule has 2 aromatic heterocycles. The molecule has 0 radical (unpaired) electrons. The summed E-state index contributed by atoms with van der Waals surface area (Å²) in [6, 6.07) is 2.77. The highest BCUT2D eigenvalue weighted by Crippen LogP contribution is 2.15. The van der Waals surface area contributed by atoms with E-state index in [1.165, 1.54) is 6.20 Å². The molecule has 1 N–H and O–H groups in total. The molecule has 1 atom stereocenters. The van der Waals surface area contributed by atoms with E-state index in [1.54, 1.807) is 19.1 Å². The predicted octanol–water partition coefficient (Wildman–Crippen LogP) is 2.73. The number of hydrogen-bond acceptors (Lipinski definition) is 5. The van der Waals surface area contributed by atoms with Crippen LogP contribution in [0.1, 0.15) is 54.9 Å². The Kier molecular flexibility index (Phi) is 4.34. The van der Waals surface area contributed by atoms with Gasteiger partial charge in [0.05, 0.1) is 5.02 Å². The van der Waals surface area contributed by atoms with Gasteiger partial charge in [-0.2, -0.15) is 4.98 Å². The molecule has 0 bridgehead atoms. The van der Waals surface area contributed by atoms with Crippen LogP contribution in [0.4, 0.5) is 0 Å². The number of pyridine rings is 1. The van der Waals surface area contributed by atoms with Gasteiger partial charge in [-0.15, -0.1) is 0 Å². The molecule has 0 spiro atoms. The highest BCUT2D eigenvalue weighted by Gasteiger charge is 2.19. The van der Waals surface area contributed by atoms with Crippen molar-refractivity contribution in [3.8, 4) is 0 Å². The van der Waals surface area contributed by atoms with E-state index in [4.69, 9.17) is 16.1 Å². The van der Waals surface area contributed by atoms with Gasteiger partial charge in [0.1, 0.15) is 11.7 Å². The number of carbonyl (C=O) groups excluding carboxylic acids is 1. The third-order valence-corrected chi connectivity index (χ3v) is 2.88. The first-order valence-corrected chi connectivity index (χ1v) is 6.61. The van der Waals surface area contributed by atoms with Gasteiger partial charge >= 0.3 is 0 Å². The summed E-state index contributed by atoms with van der Waals surface area (Å²) in [5, 5.41) is 7.08. The fraction of sp³-hybridized carbons (Fsp3) is 0.385. The number of aromatic nitrogens is 3. The number of rotatable bonds is 4. The van der Waals surface area contributed by atoms with Gasteiger partial charge in [-0.25, -0.2) is 4.98 Å². The molecule has 0 fully saturated rings. The number of nitrogens with one attached hydrogen (secondary N) is 1. The van der Waals surface area contributed by atoms with Crippen molar-refractivity contribution in [2.24, 2.45) is 0 Å². The van der Waals surface area contributed by atoms with Crippen LogP contribution in [0, 0.1) is 0 Å². The van der Waals surface area contributed by atoms with Gasteiger partial charge in [0.25, 0.3) is 5.91 Å². The maximum Gasteiger partial charge on any atom is 0.270 e. The number of carbonyl (C=O) groups is 1. The van der Waals surface area contributed by atoms with E-state index in [1.807, 2.05) is 13.8 Å². The van der Waals surface area contributed by atoms with E-state index >= 15 is 0 Å². The predicted molar refractivity (Wildman–Crippen MR) is 73.5 cm³/mol. The van der Waals surface area contributed by atoms with Crippen LogP contribution in [-0.2, 0) is 0 Å². The fourth-order valence-electron chi connectivity index (χ4n) is 1.50. The van der Waals surface area contributed by atoms with Gasteiger partial charge in [0.2, 0.25) is 5.89 Å². The lowest BCUT2D eigenvalue weighted by Gasteiger charge is -2.09. The van der Waals surface area contributed by atoms with Crippen LogP contribution in [0.3, 0.4) is 0 Å². The average Bonchev–Trinajstić information content (AvgIpc) is 2.89. The summed E-state index contributed by atoms with van der Waals surface area (Å²) in [4.78, 5) is 20.2. The Morgan fingerprint density at radius 1 is 1.35 bits per heavy atom. The highest BCUT2D eigenvalue weighted by atomic mass is 35.5. The van der Waals surface area contributed by atoms with Gasteiger partial charge in [-0.1, -0.05) is 30.6 Å². The van der Waals surface area contributed by atoms with Crippen molar-refractivity contribution in [1.82, 2.24) is 20.4 Å². The van der Waals surface area contributed by atoms with Crippen molar-refractivity contribution in [3.63, 3.8) is 0 Å². The standard InChI is InChI=1S/C13H15ClN4O2/c1-7(2)11-17-13(20-18-11)8(3)16-12(19)10-5-4-9(14)6-15-10/h4-8H,1-3H3,(H,16,19)/t8-/m0/s1. The lowest BCUT2D eigenvalue weighted by Crippen LogP contribution is -2.27. The largest absolute Gasteiger partial charge is 0.339 e. The van der Waals surface area contributed by atoms with Gasteiger partial charge in [0, 0.05) is 12.1 Å². The van der Waals surface area contributed by atoms with Crippen LogP contribution in [0.2, 0.25) is 5.02 Å². The Morgan fingerprint density at radius 3 is 2.65 bits per heavy atom. The summed E-state index contributed by atoms with van der Waals surface area (Å²) < 4.78 is 5.13. The molecule has 6 nitrogen and oxygen atoms in total. The van der Waals surface area contributed by atoms with Crippen LogP contribution in [-0.4, -0.2) is 21.0 Å². The topological polar surface area (TPSA) is 80.9 Å². The lowest BCUT2D eigenvalue weighted by atomic mass is 10.2. The molecule has 2 aromatic rings. The molecular formula is C13H15ClN4O2. The fourth-order valence-corrected chi connectivity index (χ4v) is 1.61. The molecular weight excluding hydrogens is 280 g/mol. The number of nitrogens with zero attached hydrogens (tertiary/aromatic N) is 3. The Hall–Kier alpha value is -1.95. The molecule has 0 aliphatic carbocycles. The quantitative estimate of drug-likeness (QED) is 0.937. The molecule has 0 aromatic carbocycles. The van der Waals surface area contributed by atoms with Gasteiger partial charge in [-0.05, 0) is 19.1 Å². The minimum absolute atomic E-state index is 0.174. The first-order chi connectivity index (χ1) is 9.47. The van der Waals surface area contributed by atoms with Crippen molar-refractivity contribution in [2.75, 3.05) is 0 Å². The second-order valence-electron chi connectivity index (χ2n) is 4.70. The van der Waals surface area contributed by atoms with Gasteiger partial charge in [0.15, 0.2) is 5.82 Å². The van der Waals surface area contributed by atoms with Crippen molar-refractivity contribution in [1.29, 1.82) is 0 Å². The SMILES string of the molecule is CC(C)c1noc([C@H](C)NC(=O)c2ccc(Cl)cn2)n1. The summed E-state index contributed by atoms with van der Waals surface area (Å²) in [6.07, 6.45) is 1.42. The van der Waals surface area contributed by atoms with E-state index in [-0.39, 0.29) is 23.6 Å². The molecule has 0 aliphatic heterocycles. The first kappa shape index (κ1) is 14.5. The zero-order valence-electron chi connectivity index (χ0n) is 11.4. The normalized spacial score (nSPS) is 12.4. The smallest absolute Gasteiger partial charge is 0.270 e. The van der Waals surface area contributed by atoms with Crippen molar-refractivity contribution in [3.05, 3.63) is 40.8 Å². The van der Waals surface area contributed by atoms with Crippen LogP contribution >= 0.6 is 11.6 Å². The molecule has 2 rings (SSSR count). The van der Waals surface area contributed by atoms with Crippen LogP contribution in [0.15, 0.2) is 22.9 Å². The molecule has 20 heavy (non-hydrogen) atoms. The number of halogens is 1. The molecule has 1 amide bonds. The second kappa shape index (κ2) is 6.00. The highest BCUT2D eigenvalue weighted by molar-refractivity contribution is 6.30. The Bertz CT molecular complexity index is 595. The maximum atomic E-state index is 12.0. The summed E-state index contributed by atoms with van der Waals surface area (Å²) in [5.41, 5.74) is 0.282. The van der Waals surface area contributed by atoms with Crippen LogP contribution in [0.5, 0.6) is 0 Å². The molecule has 0 saturated carbocycles. The summed E-state index contributed by atoms with van der Waals surface area (Å²) in [5.74, 6) is 0.841. The average molecular weight is 295 g/mol. The zero-order valence-corrected chi connectivity index (χ0v) is 12.2. The van der Waals surface area contributed by atoms with Crippen molar-refractivity contribution in [2.45, 2.75) is 32.7 Å². The van der Waals surface area contributed by atoms with Crippen molar-refractivity contribution < 1.29 is 9.32 Å². The molecule has 0 unspecified atom stereocenters. The zero-order chi connectivity index (χ0) is 14.7. The van der Waals surface area contributed by atoms with E-state index in [0.29, 0.717) is 16.7 Å². The number of amides is 1. The summed E-state index contributed by atoms with van der Waals surface area (Å²) >= 11 is 5.72. The maximum absolute atomic E-state index is 12.0. The van der Waals surface area contributed by atoms with E-state index in [2.05, 4.69) is 20.4 Å². The molecule has 106 valence electrons. The van der Waals surface area contributed by atoms with E-state index in [0.717, 1.165) is 0 Å². The molecule has 7 heteroatoms. The van der Waals surface area contributed by atoms with Crippen LogP contribution in [0.25, 0.3) is 0 Å². The minimum atomic E-state index is -0.389. The third kappa shape index (κ3) is 3.33. The van der Waals surface area contributed by atoms with Crippen molar-refractivity contribution >= 4 is 17.5 Å². The van der Waals surface area contributed by atoms with Gasteiger partial charge < -0.3 is 9.84 Å². The minimum Gasteiger partial charge on any atom is -0.339 e. The molecule has 0 aliphatic rings. The van der Waals surface area contributed by atoms with Gasteiger partial charge in [-0.3, -0.25) is 4.79 Å². The molecule has 0 saturated heterocycles.